The highest BCUT2D eigenvalue weighted by molar-refractivity contribution is 7.13. The fourth-order valence-corrected chi connectivity index (χ4v) is 1.79. The quantitative estimate of drug-likeness (QED) is 0.795. The minimum Gasteiger partial charge on any atom is -0.477 e. The maximum Gasteiger partial charge on any atom is 0.341 e. The van der Waals surface area contributed by atoms with E-state index in [9.17, 15) is 4.79 Å². The smallest absolute Gasteiger partial charge is 0.341 e. The molecule has 0 spiro atoms. The van der Waals surface area contributed by atoms with Gasteiger partial charge in [-0.25, -0.2) is 4.79 Å². The first-order valence-corrected chi connectivity index (χ1v) is 4.73. The number of hydrogen-bond donors (Lipinski definition) is 2. The van der Waals surface area contributed by atoms with Crippen molar-refractivity contribution >= 4 is 23.2 Å². The third kappa shape index (κ3) is 1.38. The Morgan fingerprint density at radius 1 is 1.57 bits per heavy atom. The van der Waals surface area contributed by atoms with Gasteiger partial charge in [-0.3, -0.25) is 0 Å². The van der Waals surface area contributed by atoms with Crippen LogP contribution < -0.4 is 5.73 Å². The molecule has 2 heterocycles. The van der Waals surface area contributed by atoms with Gasteiger partial charge in [0.1, 0.15) is 11.3 Å². The van der Waals surface area contributed by atoms with Crippen molar-refractivity contribution in [2.45, 2.75) is 0 Å². The SMILES string of the molecule is Nc1oc(-c2cccs2)cc1C(=O)O. The summed E-state index contributed by atoms with van der Waals surface area (Å²) in [7, 11) is 0. The lowest BCUT2D eigenvalue weighted by Crippen LogP contribution is -1.97. The van der Waals surface area contributed by atoms with E-state index in [2.05, 4.69) is 0 Å². The number of nitrogen functional groups attached to an aromatic ring is 1. The maximum atomic E-state index is 10.7. The molecule has 0 aromatic carbocycles. The molecule has 0 aliphatic carbocycles. The molecule has 4 nitrogen and oxygen atoms in total. The molecule has 0 amide bonds. The van der Waals surface area contributed by atoms with Crippen molar-refractivity contribution in [2.24, 2.45) is 0 Å². The molecule has 0 aliphatic rings. The molecule has 2 aromatic heterocycles. The lowest BCUT2D eigenvalue weighted by molar-refractivity contribution is 0.0697. The Labute approximate surface area is 83.6 Å². The number of nitrogens with two attached hydrogens (primary N) is 1. The molecule has 0 radical (unpaired) electrons. The highest BCUT2D eigenvalue weighted by Crippen LogP contribution is 2.30. The molecule has 2 rings (SSSR count). The summed E-state index contributed by atoms with van der Waals surface area (Å²) in [6.07, 6.45) is 0. The third-order valence-corrected chi connectivity index (χ3v) is 2.64. The highest BCUT2D eigenvalue weighted by atomic mass is 32.1. The summed E-state index contributed by atoms with van der Waals surface area (Å²) in [6, 6.07) is 5.14. The number of carboxylic acid groups (broad SMARTS) is 1. The fourth-order valence-electron chi connectivity index (χ4n) is 1.11. The number of furan rings is 1. The van der Waals surface area contributed by atoms with Crippen LogP contribution in [0.3, 0.4) is 0 Å². The molecule has 0 aliphatic heterocycles. The molecule has 2 aromatic rings. The van der Waals surface area contributed by atoms with Crippen LogP contribution in [-0.4, -0.2) is 11.1 Å². The Morgan fingerprint density at radius 2 is 2.36 bits per heavy atom. The molecule has 0 atom stereocenters. The van der Waals surface area contributed by atoms with E-state index in [1.54, 1.807) is 0 Å². The molecular weight excluding hydrogens is 202 g/mol. The number of carbonyl (C=O) groups is 1. The van der Waals surface area contributed by atoms with Crippen molar-refractivity contribution in [1.29, 1.82) is 0 Å². The zero-order chi connectivity index (χ0) is 10.1. The molecule has 3 N–H and O–H groups in total. The van der Waals surface area contributed by atoms with Crippen LogP contribution in [0.4, 0.5) is 5.88 Å². The van der Waals surface area contributed by atoms with Gasteiger partial charge in [-0.2, -0.15) is 0 Å². The van der Waals surface area contributed by atoms with E-state index in [0.29, 0.717) is 5.76 Å². The minimum atomic E-state index is -1.07. The Balaban J connectivity index is 2.48. The van der Waals surface area contributed by atoms with E-state index in [1.807, 2.05) is 17.5 Å². The lowest BCUT2D eigenvalue weighted by Gasteiger charge is -1.87. The van der Waals surface area contributed by atoms with Crippen molar-refractivity contribution in [1.82, 2.24) is 0 Å². The van der Waals surface area contributed by atoms with Gasteiger partial charge in [0.15, 0.2) is 0 Å². The summed E-state index contributed by atoms with van der Waals surface area (Å²) in [5, 5.41) is 10.6. The predicted octanol–water partition coefficient (Wildman–Crippen LogP) is 2.29. The summed E-state index contributed by atoms with van der Waals surface area (Å²) < 4.78 is 5.13. The van der Waals surface area contributed by atoms with Crippen LogP contribution in [0.5, 0.6) is 0 Å². The summed E-state index contributed by atoms with van der Waals surface area (Å²) >= 11 is 1.47. The number of aromatic carboxylic acids is 1. The van der Waals surface area contributed by atoms with E-state index in [1.165, 1.54) is 17.4 Å². The zero-order valence-corrected chi connectivity index (χ0v) is 7.88. The Bertz CT molecular complexity index is 458. The Kier molecular flexibility index (Phi) is 2.01. The lowest BCUT2D eigenvalue weighted by atomic mass is 10.3. The fraction of sp³-hybridized carbons (Fsp3) is 0. The number of thiophene rings is 1. The van der Waals surface area contributed by atoms with Crippen LogP contribution >= 0.6 is 11.3 Å². The number of hydrogen-bond acceptors (Lipinski definition) is 4. The first-order chi connectivity index (χ1) is 6.68. The highest BCUT2D eigenvalue weighted by Gasteiger charge is 2.15. The molecule has 5 heteroatoms. The van der Waals surface area contributed by atoms with Crippen molar-refractivity contribution < 1.29 is 14.3 Å². The first kappa shape index (κ1) is 8.83. The molecule has 0 saturated heterocycles. The average molecular weight is 209 g/mol. The zero-order valence-electron chi connectivity index (χ0n) is 7.06. The Morgan fingerprint density at radius 3 is 2.86 bits per heavy atom. The van der Waals surface area contributed by atoms with Crippen LogP contribution in [-0.2, 0) is 0 Å². The number of carboxylic acids is 1. The molecule has 0 bridgehead atoms. The second kappa shape index (κ2) is 3.19. The van der Waals surface area contributed by atoms with Crippen molar-refractivity contribution in [3.05, 3.63) is 29.1 Å². The van der Waals surface area contributed by atoms with Gasteiger partial charge in [0.05, 0.1) is 4.88 Å². The van der Waals surface area contributed by atoms with E-state index >= 15 is 0 Å². The second-order valence-electron chi connectivity index (χ2n) is 2.67. The van der Waals surface area contributed by atoms with Gasteiger partial charge >= 0.3 is 5.97 Å². The topological polar surface area (TPSA) is 76.5 Å². The summed E-state index contributed by atoms with van der Waals surface area (Å²) in [5.74, 6) is -0.634. The van der Waals surface area contributed by atoms with E-state index in [4.69, 9.17) is 15.3 Å². The number of anilines is 1. The van der Waals surface area contributed by atoms with Crippen molar-refractivity contribution in [2.75, 3.05) is 5.73 Å². The molecule has 0 saturated carbocycles. The average Bonchev–Trinajstić information content (AvgIpc) is 2.70. The van der Waals surface area contributed by atoms with Crippen LogP contribution in [0.1, 0.15) is 10.4 Å². The van der Waals surface area contributed by atoms with E-state index < -0.39 is 5.97 Å². The van der Waals surface area contributed by atoms with Gasteiger partial charge in [0.25, 0.3) is 0 Å². The molecular formula is C9H7NO3S. The van der Waals surface area contributed by atoms with Gasteiger partial charge in [-0.1, -0.05) is 6.07 Å². The van der Waals surface area contributed by atoms with Gasteiger partial charge in [0.2, 0.25) is 5.88 Å². The standard InChI is InChI=1S/C9H7NO3S/c10-8-5(9(11)12)4-6(13-8)7-2-1-3-14-7/h1-4H,10H2,(H,11,12). The van der Waals surface area contributed by atoms with Crippen molar-refractivity contribution in [3.8, 4) is 10.6 Å². The van der Waals surface area contributed by atoms with Gasteiger partial charge < -0.3 is 15.3 Å². The maximum absolute atomic E-state index is 10.7. The van der Waals surface area contributed by atoms with Crippen LogP contribution in [0, 0.1) is 0 Å². The molecule has 14 heavy (non-hydrogen) atoms. The van der Waals surface area contributed by atoms with Crippen molar-refractivity contribution in [3.63, 3.8) is 0 Å². The molecule has 0 unspecified atom stereocenters. The third-order valence-electron chi connectivity index (χ3n) is 1.76. The predicted molar refractivity (Wildman–Crippen MR) is 53.4 cm³/mol. The van der Waals surface area contributed by atoms with Gasteiger partial charge in [-0.05, 0) is 11.4 Å². The largest absolute Gasteiger partial charge is 0.477 e. The van der Waals surface area contributed by atoms with E-state index in [-0.39, 0.29) is 11.4 Å². The Hall–Kier alpha value is -1.75. The van der Waals surface area contributed by atoms with Crippen LogP contribution in [0.2, 0.25) is 0 Å². The minimum absolute atomic E-state index is 0.00778. The second-order valence-corrected chi connectivity index (χ2v) is 3.62. The summed E-state index contributed by atoms with van der Waals surface area (Å²) in [5.41, 5.74) is 5.41. The van der Waals surface area contributed by atoms with E-state index in [0.717, 1.165) is 4.88 Å². The van der Waals surface area contributed by atoms with Gasteiger partial charge in [0, 0.05) is 6.07 Å². The number of rotatable bonds is 2. The summed E-state index contributed by atoms with van der Waals surface area (Å²) in [4.78, 5) is 11.5. The van der Waals surface area contributed by atoms with Crippen LogP contribution in [0.25, 0.3) is 10.6 Å². The molecule has 0 fully saturated rings. The summed E-state index contributed by atoms with van der Waals surface area (Å²) in [6.45, 7) is 0. The first-order valence-electron chi connectivity index (χ1n) is 3.85. The molecule has 72 valence electrons. The van der Waals surface area contributed by atoms with Gasteiger partial charge in [-0.15, -0.1) is 11.3 Å². The van der Waals surface area contributed by atoms with Crippen LogP contribution in [0.15, 0.2) is 28.0 Å². The monoisotopic (exact) mass is 209 g/mol. The normalized spacial score (nSPS) is 10.3.